The van der Waals surface area contributed by atoms with Crippen LogP contribution in [-0.4, -0.2) is 17.7 Å². The highest BCUT2D eigenvalue weighted by molar-refractivity contribution is 7.57. The summed E-state index contributed by atoms with van der Waals surface area (Å²) in [7, 11) is 2.40. The second-order valence-electron chi connectivity index (χ2n) is 4.90. The molecule has 2 heteroatoms. The van der Waals surface area contributed by atoms with E-state index in [2.05, 4.69) is 27.4 Å². The standard InChI is InChI=1S/C14H32P2/c1-5-7-9-11-13(3)16-14(15-4)12-10-8-6-2/h13-16H,5-12H2,1-4H3. The minimum atomic E-state index is 0.991. The van der Waals surface area contributed by atoms with E-state index in [0.717, 1.165) is 11.1 Å². The molecule has 0 N–H and O–H groups in total. The zero-order valence-electron chi connectivity index (χ0n) is 11.8. The first kappa shape index (κ1) is 16.9. The number of unbranched alkanes of at least 4 members (excludes halogenated alkanes) is 4. The largest absolute Gasteiger partial charge is 0.118 e. The average molecular weight is 262 g/mol. The molecule has 98 valence electrons. The zero-order valence-corrected chi connectivity index (χ0v) is 13.8. The Hall–Kier alpha value is 0.860. The molecular formula is C14H32P2. The van der Waals surface area contributed by atoms with Gasteiger partial charge in [0.1, 0.15) is 0 Å². The van der Waals surface area contributed by atoms with Gasteiger partial charge in [-0.05, 0) is 30.6 Å². The molecule has 0 saturated carbocycles. The van der Waals surface area contributed by atoms with Crippen LogP contribution in [0.2, 0.25) is 0 Å². The van der Waals surface area contributed by atoms with Crippen LogP contribution in [0, 0.1) is 0 Å². The van der Waals surface area contributed by atoms with Gasteiger partial charge in [0.2, 0.25) is 0 Å². The van der Waals surface area contributed by atoms with E-state index in [1.54, 1.807) is 0 Å². The minimum Gasteiger partial charge on any atom is -0.118 e. The molecule has 0 heterocycles. The normalized spacial score (nSPS) is 16.5. The predicted molar refractivity (Wildman–Crippen MR) is 84.1 cm³/mol. The molecule has 0 aromatic carbocycles. The first-order chi connectivity index (χ1) is 7.74. The Bertz CT molecular complexity index is 137. The highest BCUT2D eigenvalue weighted by Crippen LogP contribution is 2.40. The van der Waals surface area contributed by atoms with Crippen LogP contribution in [0.5, 0.6) is 0 Å². The van der Waals surface area contributed by atoms with Crippen molar-refractivity contribution >= 4 is 17.2 Å². The van der Waals surface area contributed by atoms with Gasteiger partial charge >= 0.3 is 0 Å². The molecule has 0 radical (unpaired) electrons. The van der Waals surface area contributed by atoms with Gasteiger partial charge in [0.05, 0.1) is 0 Å². The van der Waals surface area contributed by atoms with Gasteiger partial charge in [0, 0.05) is 0 Å². The molecule has 0 saturated heterocycles. The van der Waals surface area contributed by atoms with Gasteiger partial charge < -0.3 is 0 Å². The third kappa shape index (κ3) is 10.0. The Labute approximate surface area is 107 Å². The summed E-state index contributed by atoms with van der Waals surface area (Å²) in [6.07, 6.45) is 11.5. The third-order valence-electron chi connectivity index (χ3n) is 3.17. The van der Waals surface area contributed by atoms with Crippen LogP contribution in [0.3, 0.4) is 0 Å². The summed E-state index contributed by atoms with van der Waals surface area (Å²) in [4.78, 5) is 0. The summed E-state index contributed by atoms with van der Waals surface area (Å²) < 4.78 is 0. The molecular weight excluding hydrogens is 230 g/mol. The van der Waals surface area contributed by atoms with Crippen LogP contribution in [0.4, 0.5) is 0 Å². The van der Waals surface area contributed by atoms with E-state index in [0.29, 0.717) is 0 Å². The van der Waals surface area contributed by atoms with Crippen molar-refractivity contribution in [1.29, 1.82) is 0 Å². The zero-order chi connectivity index (χ0) is 12.2. The van der Waals surface area contributed by atoms with Crippen molar-refractivity contribution in [2.75, 3.05) is 6.66 Å². The third-order valence-corrected chi connectivity index (χ3v) is 7.07. The topological polar surface area (TPSA) is 0 Å². The van der Waals surface area contributed by atoms with Gasteiger partial charge in [-0.15, -0.1) is 17.2 Å². The fraction of sp³-hybridized carbons (Fsp3) is 1.00. The van der Waals surface area contributed by atoms with Crippen LogP contribution < -0.4 is 0 Å². The number of hydrogen-bond acceptors (Lipinski definition) is 0. The Balaban J connectivity index is 3.57. The molecule has 0 aliphatic heterocycles. The average Bonchev–Trinajstić information content (AvgIpc) is 2.28. The summed E-state index contributed by atoms with van der Waals surface area (Å²) >= 11 is 0. The van der Waals surface area contributed by atoms with Crippen molar-refractivity contribution in [3.8, 4) is 0 Å². The number of rotatable bonds is 11. The van der Waals surface area contributed by atoms with Gasteiger partial charge in [0.25, 0.3) is 0 Å². The summed E-state index contributed by atoms with van der Waals surface area (Å²) in [5, 5.41) is 1.06. The molecule has 4 atom stereocenters. The van der Waals surface area contributed by atoms with Crippen molar-refractivity contribution in [2.45, 2.75) is 83.2 Å². The highest BCUT2D eigenvalue weighted by Gasteiger charge is 2.10. The van der Waals surface area contributed by atoms with Crippen LogP contribution in [0.15, 0.2) is 0 Å². The smallest absolute Gasteiger partial charge is 0.00613 e. The molecule has 4 unspecified atom stereocenters. The van der Waals surface area contributed by atoms with Crippen LogP contribution in [0.1, 0.15) is 72.1 Å². The van der Waals surface area contributed by atoms with E-state index in [9.17, 15) is 0 Å². The fourth-order valence-corrected chi connectivity index (χ4v) is 5.48. The lowest BCUT2D eigenvalue weighted by Gasteiger charge is -2.20. The van der Waals surface area contributed by atoms with Crippen LogP contribution >= 0.6 is 17.2 Å². The number of hydrogen-bond donors (Lipinski definition) is 0. The lowest BCUT2D eigenvalue weighted by Crippen LogP contribution is -2.01. The van der Waals surface area contributed by atoms with Crippen molar-refractivity contribution in [3.05, 3.63) is 0 Å². The Kier molecular flexibility index (Phi) is 13.0. The molecule has 0 aromatic rings. The Morgan fingerprint density at radius 1 is 0.875 bits per heavy atom. The molecule has 0 aliphatic rings. The van der Waals surface area contributed by atoms with Gasteiger partial charge in [-0.3, -0.25) is 0 Å². The van der Waals surface area contributed by atoms with E-state index in [4.69, 9.17) is 0 Å². The van der Waals surface area contributed by atoms with Gasteiger partial charge in [-0.1, -0.05) is 59.3 Å². The molecule has 0 spiro atoms. The summed E-state index contributed by atoms with van der Waals surface area (Å²) in [6.45, 7) is 9.48. The molecule has 0 nitrogen and oxygen atoms in total. The summed E-state index contributed by atoms with van der Waals surface area (Å²) in [5.41, 5.74) is 0.991. The monoisotopic (exact) mass is 262 g/mol. The van der Waals surface area contributed by atoms with E-state index in [1.165, 1.54) is 68.5 Å². The quantitative estimate of drug-likeness (QED) is 0.324. The van der Waals surface area contributed by atoms with Gasteiger partial charge in [0.15, 0.2) is 0 Å². The Morgan fingerprint density at radius 3 is 1.94 bits per heavy atom. The van der Waals surface area contributed by atoms with E-state index in [1.807, 2.05) is 0 Å². The van der Waals surface area contributed by atoms with E-state index in [-0.39, 0.29) is 0 Å². The first-order valence-corrected chi connectivity index (χ1v) is 9.91. The molecule has 0 fully saturated rings. The molecule has 0 amide bonds. The molecule has 0 aliphatic carbocycles. The molecule has 0 bridgehead atoms. The highest BCUT2D eigenvalue weighted by atomic mass is 31.1. The predicted octanol–water partition coefficient (Wildman–Crippen LogP) is 5.85. The summed E-state index contributed by atoms with van der Waals surface area (Å²) in [6, 6.07) is 0. The minimum absolute atomic E-state index is 0.991. The van der Waals surface area contributed by atoms with Crippen molar-refractivity contribution in [2.24, 2.45) is 0 Å². The SMILES string of the molecule is CCCCCC(C)PC(CCCCC)PC. The lowest BCUT2D eigenvalue weighted by molar-refractivity contribution is 0.657. The van der Waals surface area contributed by atoms with E-state index >= 15 is 0 Å². The van der Waals surface area contributed by atoms with Gasteiger partial charge in [-0.2, -0.15) is 0 Å². The van der Waals surface area contributed by atoms with Crippen LogP contribution in [0.25, 0.3) is 0 Å². The maximum absolute atomic E-state index is 2.47. The van der Waals surface area contributed by atoms with E-state index < -0.39 is 0 Å². The lowest BCUT2D eigenvalue weighted by atomic mass is 10.2. The second-order valence-corrected chi connectivity index (χ2v) is 8.77. The maximum Gasteiger partial charge on any atom is -0.00613 e. The molecule has 16 heavy (non-hydrogen) atoms. The molecule has 0 rings (SSSR count). The molecule has 0 aromatic heterocycles. The fourth-order valence-electron chi connectivity index (χ4n) is 2.04. The van der Waals surface area contributed by atoms with Crippen molar-refractivity contribution in [1.82, 2.24) is 0 Å². The second kappa shape index (κ2) is 12.3. The summed E-state index contributed by atoms with van der Waals surface area (Å²) in [5.74, 6) is 0. The van der Waals surface area contributed by atoms with Crippen LogP contribution in [-0.2, 0) is 0 Å². The van der Waals surface area contributed by atoms with Crippen molar-refractivity contribution in [3.63, 3.8) is 0 Å². The maximum atomic E-state index is 2.47. The van der Waals surface area contributed by atoms with Gasteiger partial charge in [-0.25, -0.2) is 0 Å². The Morgan fingerprint density at radius 2 is 1.44 bits per heavy atom. The van der Waals surface area contributed by atoms with Crippen molar-refractivity contribution < 1.29 is 0 Å². The first-order valence-electron chi connectivity index (χ1n) is 7.17.